The molecule has 1 aromatic carbocycles. The number of likely N-dealkylation sites (tertiary alicyclic amines) is 1. The van der Waals surface area contributed by atoms with Crippen LogP contribution in [0, 0.1) is 0 Å². The first-order chi connectivity index (χ1) is 11.9. The van der Waals surface area contributed by atoms with Crippen LogP contribution in [-0.2, 0) is 19.7 Å². The van der Waals surface area contributed by atoms with Gasteiger partial charge in [0.25, 0.3) is 0 Å². The molecule has 0 aliphatic carbocycles. The Morgan fingerprint density at radius 1 is 1.24 bits per heavy atom. The van der Waals surface area contributed by atoms with Crippen molar-refractivity contribution in [2.45, 2.75) is 37.9 Å². The van der Waals surface area contributed by atoms with E-state index in [0.29, 0.717) is 31.3 Å². The summed E-state index contributed by atoms with van der Waals surface area (Å²) in [5.74, 6) is -0.325. The number of H-pyrrole nitrogens is 1. The van der Waals surface area contributed by atoms with Crippen LogP contribution in [-0.4, -0.2) is 47.9 Å². The van der Waals surface area contributed by atoms with Gasteiger partial charge in [-0.3, -0.25) is 4.79 Å². The van der Waals surface area contributed by atoms with Gasteiger partial charge in [-0.15, -0.1) is 0 Å². The number of rotatable bonds is 2. The minimum atomic E-state index is -0.617. The molecule has 0 bridgehead atoms. The van der Waals surface area contributed by atoms with E-state index in [1.54, 1.807) is 0 Å². The minimum Gasteiger partial charge on any atom is -0.361 e. The highest BCUT2D eigenvalue weighted by atomic mass is 35.5. The van der Waals surface area contributed by atoms with E-state index in [4.69, 9.17) is 21.1 Å². The van der Waals surface area contributed by atoms with Gasteiger partial charge in [-0.05, 0) is 31.5 Å². The maximum atomic E-state index is 13.2. The van der Waals surface area contributed by atoms with Gasteiger partial charge in [-0.25, -0.2) is 0 Å². The molecule has 0 atom stereocenters. The van der Waals surface area contributed by atoms with Crippen molar-refractivity contribution in [2.24, 2.45) is 0 Å². The molecule has 1 amide bonds. The molecular formula is C19H23ClN2O3. The van der Waals surface area contributed by atoms with E-state index in [1.807, 2.05) is 43.1 Å². The van der Waals surface area contributed by atoms with Crippen LogP contribution in [0.4, 0.5) is 0 Å². The molecule has 2 fully saturated rings. The van der Waals surface area contributed by atoms with Gasteiger partial charge >= 0.3 is 0 Å². The predicted octanol–water partition coefficient (Wildman–Crippen LogP) is 3.46. The summed E-state index contributed by atoms with van der Waals surface area (Å²) in [6.07, 6.45) is 3.39. The zero-order valence-corrected chi connectivity index (χ0v) is 15.4. The second kappa shape index (κ2) is 6.01. The fourth-order valence-corrected chi connectivity index (χ4v) is 4.13. The molecule has 4 rings (SSSR count). The van der Waals surface area contributed by atoms with Crippen LogP contribution in [0.2, 0.25) is 5.02 Å². The fourth-order valence-electron chi connectivity index (χ4n) is 3.96. The van der Waals surface area contributed by atoms with Crippen molar-refractivity contribution in [1.82, 2.24) is 9.88 Å². The van der Waals surface area contributed by atoms with E-state index in [1.165, 1.54) is 0 Å². The summed E-state index contributed by atoms with van der Waals surface area (Å²) in [4.78, 5) is 18.4. The van der Waals surface area contributed by atoms with E-state index in [2.05, 4.69) is 4.98 Å². The van der Waals surface area contributed by atoms with Crippen molar-refractivity contribution < 1.29 is 14.3 Å². The molecule has 1 aromatic heterocycles. The summed E-state index contributed by atoms with van der Waals surface area (Å²) in [5.41, 5.74) is 1.33. The fraction of sp³-hybridized carbons (Fsp3) is 0.526. The van der Waals surface area contributed by atoms with Crippen molar-refractivity contribution >= 4 is 28.4 Å². The molecule has 25 heavy (non-hydrogen) atoms. The Morgan fingerprint density at radius 3 is 2.60 bits per heavy atom. The lowest BCUT2D eigenvalue weighted by Gasteiger charge is -2.40. The first-order valence-electron chi connectivity index (χ1n) is 8.76. The Bertz CT molecular complexity index is 798. The Kier molecular flexibility index (Phi) is 4.06. The molecule has 2 aliphatic rings. The van der Waals surface area contributed by atoms with Crippen molar-refractivity contribution in [2.75, 3.05) is 26.3 Å². The van der Waals surface area contributed by atoms with Crippen molar-refractivity contribution in [3.05, 3.63) is 35.0 Å². The number of fused-ring (bicyclic) bond motifs is 1. The van der Waals surface area contributed by atoms with Gasteiger partial charge in [0.15, 0.2) is 5.79 Å². The van der Waals surface area contributed by atoms with Crippen molar-refractivity contribution in [1.29, 1.82) is 0 Å². The molecule has 0 saturated carbocycles. The molecule has 1 N–H and O–H groups in total. The van der Waals surface area contributed by atoms with E-state index >= 15 is 0 Å². The van der Waals surface area contributed by atoms with Crippen LogP contribution in [0.5, 0.6) is 0 Å². The van der Waals surface area contributed by atoms with Gasteiger partial charge in [0.1, 0.15) is 0 Å². The second-order valence-electron chi connectivity index (χ2n) is 7.42. The summed E-state index contributed by atoms with van der Waals surface area (Å²) in [5, 5.41) is 1.72. The Morgan fingerprint density at radius 2 is 1.92 bits per heavy atom. The molecule has 6 heteroatoms. The standard InChI is InChI=1S/C19H23ClN2O3/c1-18(2,15-12-21-16-11-13(20)3-4-14(15)16)17(23)22-7-5-19(6-8-22)24-9-10-25-19/h3-4,11-12,21H,5-10H2,1-2H3. The number of aromatic nitrogens is 1. The Hall–Kier alpha value is -1.56. The summed E-state index contributed by atoms with van der Waals surface area (Å²) < 4.78 is 11.5. The lowest BCUT2D eigenvalue weighted by molar-refractivity contribution is -0.188. The average molecular weight is 363 g/mol. The third kappa shape index (κ3) is 2.84. The van der Waals surface area contributed by atoms with Crippen molar-refractivity contribution in [3.63, 3.8) is 0 Å². The molecule has 3 heterocycles. The minimum absolute atomic E-state index is 0.135. The number of halogens is 1. The van der Waals surface area contributed by atoms with E-state index in [9.17, 15) is 4.79 Å². The number of nitrogens with zero attached hydrogens (tertiary/aromatic N) is 1. The Balaban J connectivity index is 1.56. The second-order valence-corrected chi connectivity index (χ2v) is 7.85. The van der Waals surface area contributed by atoms with Gasteiger partial charge in [0.2, 0.25) is 5.91 Å². The third-order valence-electron chi connectivity index (χ3n) is 5.48. The maximum absolute atomic E-state index is 13.2. The molecule has 2 aliphatic heterocycles. The highest BCUT2D eigenvalue weighted by Crippen LogP contribution is 2.36. The van der Waals surface area contributed by atoms with E-state index < -0.39 is 11.2 Å². The van der Waals surface area contributed by atoms with Crippen LogP contribution in [0.25, 0.3) is 10.9 Å². The Labute approximate surface area is 152 Å². The quantitative estimate of drug-likeness (QED) is 0.890. The number of aromatic amines is 1. The van der Waals surface area contributed by atoms with Crippen LogP contribution in [0.1, 0.15) is 32.3 Å². The largest absolute Gasteiger partial charge is 0.361 e. The molecular weight excluding hydrogens is 340 g/mol. The van der Waals surface area contributed by atoms with Gasteiger partial charge in [0.05, 0.1) is 18.6 Å². The molecule has 2 aromatic rings. The van der Waals surface area contributed by atoms with Crippen LogP contribution >= 0.6 is 11.6 Å². The normalized spacial score (nSPS) is 20.5. The third-order valence-corrected chi connectivity index (χ3v) is 5.71. The summed E-state index contributed by atoms with van der Waals surface area (Å²) in [6, 6.07) is 5.73. The first kappa shape index (κ1) is 16.9. The number of hydrogen-bond donors (Lipinski definition) is 1. The lowest BCUT2D eigenvalue weighted by Crippen LogP contribution is -2.51. The summed E-state index contributed by atoms with van der Waals surface area (Å²) in [6.45, 7) is 6.60. The number of amides is 1. The zero-order chi connectivity index (χ0) is 17.7. The average Bonchev–Trinajstić information content (AvgIpc) is 3.22. The molecule has 5 nitrogen and oxygen atoms in total. The van der Waals surface area contributed by atoms with Crippen LogP contribution < -0.4 is 0 Å². The highest BCUT2D eigenvalue weighted by Gasteiger charge is 2.43. The van der Waals surface area contributed by atoms with Gasteiger partial charge in [-0.1, -0.05) is 17.7 Å². The van der Waals surface area contributed by atoms with E-state index in [0.717, 1.165) is 29.3 Å². The van der Waals surface area contributed by atoms with Crippen LogP contribution in [0.15, 0.2) is 24.4 Å². The van der Waals surface area contributed by atoms with Gasteiger partial charge < -0.3 is 19.4 Å². The first-order valence-corrected chi connectivity index (χ1v) is 9.14. The number of ether oxygens (including phenoxy) is 2. The molecule has 0 radical (unpaired) electrons. The summed E-state index contributed by atoms with van der Waals surface area (Å²) >= 11 is 6.07. The van der Waals surface area contributed by atoms with Crippen molar-refractivity contribution in [3.8, 4) is 0 Å². The molecule has 0 unspecified atom stereocenters. The zero-order valence-electron chi connectivity index (χ0n) is 14.6. The SMILES string of the molecule is CC(C)(C(=O)N1CCC2(CC1)OCCO2)c1c[nH]c2cc(Cl)ccc12. The predicted molar refractivity (Wildman–Crippen MR) is 96.8 cm³/mol. The smallest absolute Gasteiger partial charge is 0.232 e. The number of carbonyl (C=O) groups is 1. The highest BCUT2D eigenvalue weighted by molar-refractivity contribution is 6.31. The topological polar surface area (TPSA) is 54.6 Å². The molecule has 2 saturated heterocycles. The monoisotopic (exact) mass is 362 g/mol. The van der Waals surface area contributed by atoms with Gasteiger partial charge in [0, 0.05) is 48.1 Å². The van der Waals surface area contributed by atoms with E-state index in [-0.39, 0.29) is 5.91 Å². The maximum Gasteiger partial charge on any atom is 0.232 e. The molecule has 134 valence electrons. The number of nitrogens with one attached hydrogen (secondary N) is 1. The van der Waals surface area contributed by atoms with Gasteiger partial charge in [-0.2, -0.15) is 0 Å². The lowest BCUT2D eigenvalue weighted by atomic mass is 9.82. The summed E-state index contributed by atoms with van der Waals surface area (Å²) in [7, 11) is 0. The number of carbonyl (C=O) groups excluding carboxylic acids is 1. The number of hydrogen-bond acceptors (Lipinski definition) is 3. The number of benzene rings is 1. The van der Waals surface area contributed by atoms with Crippen LogP contribution in [0.3, 0.4) is 0 Å². The molecule has 1 spiro atoms. The number of piperidine rings is 1.